The van der Waals surface area contributed by atoms with Crippen LogP contribution in [0.2, 0.25) is 0 Å². The van der Waals surface area contributed by atoms with Crippen LogP contribution in [-0.2, 0) is 4.74 Å². The molecule has 1 aliphatic carbocycles. The summed E-state index contributed by atoms with van der Waals surface area (Å²) in [5, 5.41) is 8.59. The van der Waals surface area contributed by atoms with Gasteiger partial charge in [-0.1, -0.05) is 13.8 Å². The van der Waals surface area contributed by atoms with E-state index >= 15 is 0 Å². The molecule has 0 aromatic carbocycles. The average Bonchev–Trinajstić information content (AvgIpc) is 2.50. The van der Waals surface area contributed by atoms with Gasteiger partial charge < -0.3 is 4.74 Å². The molecule has 1 spiro atoms. The maximum Gasteiger partial charge on any atom is 0.0738 e. The highest BCUT2D eigenvalue weighted by molar-refractivity contribution is 5.08. The molecule has 1 heterocycles. The molecule has 2 atom stereocenters. The van der Waals surface area contributed by atoms with Gasteiger partial charge in [-0.15, -0.1) is 0 Å². The number of nitriles is 1. The van der Waals surface area contributed by atoms with E-state index in [-0.39, 0.29) is 11.7 Å². The lowest BCUT2D eigenvalue weighted by Crippen LogP contribution is -2.53. The molecule has 72 valence electrons. The number of hydrogen-bond acceptors (Lipinski definition) is 2. The summed E-state index contributed by atoms with van der Waals surface area (Å²) >= 11 is 0. The first-order valence-corrected chi connectivity index (χ1v) is 5.14. The van der Waals surface area contributed by atoms with Gasteiger partial charge in [-0.2, -0.15) is 5.26 Å². The Bertz CT molecular complexity index is 253. The lowest BCUT2D eigenvalue weighted by atomic mass is 9.58. The van der Waals surface area contributed by atoms with Crippen LogP contribution in [0.3, 0.4) is 0 Å². The van der Waals surface area contributed by atoms with Crippen LogP contribution in [0.25, 0.3) is 0 Å². The van der Waals surface area contributed by atoms with Crippen molar-refractivity contribution in [1.82, 2.24) is 0 Å². The Hall–Kier alpha value is -0.550. The van der Waals surface area contributed by atoms with Crippen molar-refractivity contribution in [2.24, 2.45) is 5.41 Å². The van der Waals surface area contributed by atoms with Crippen LogP contribution in [-0.4, -0.2) is 11.7 Å². The minimum absolute atomic E-state index is 0.133. The molecule has 2 fully saturated rings. The van der Waals surface area contributed by atoms with Gasteiger partial charge in [-0.05, 0) is 31.1 Å². The van der Waals surface area contributed by atoms with Crippen LogP contribution >= 0.6 is 0 Å². The van der Waals surface area contributed by atoms with Crippen LogP contribution in [0.1, 0.15) is 46.0 Å². The minimum atomic E-state index is 0.133. The zero-order chi connectivity index (χ0) is 9.53. The predicted molar refractivity (Wildman–Crippen MR) is 50.1 cm³/mol. The molecule has 0 bridgehead atoms. The smallest absolute Gasteiger partial charge is 0.0738 e. The van der Waals surface area contributed by atoms with Crippen molar-refractivity contribution in [3.05, 3.63) is 0 Å². The third kappa shape index (κ3) is 1.18. The summed E-state index contributed by atoms with van der Waals surface area (Å²) in [7, 11) is 0. The van der Waals surface area contributed by atoms with Crippen LogP contribution in [0.15, 0.2) is 0 Å². The summed E-state index contributed by atoms with van der Waals surface area (Å²) in [5.41, 5.74) is 0.478. The second kappa shape index (κ2) is 2.72. The van der Waals surface area contributed by atoms with E-state index < -0.39 is 0 Å². The van der Waals surface area contributed by atoms with E-state index in [4.69, 9.17) is 10.00 Å². The Morgan fingerprint density at radius 1 is 1.38 bits per heavy atom. The van der Waals surface area contributed by atoms with Gasteiger partial charge in [-0.3, -0.25) is 0 Å². The summed E-state index contributed by atoms with van der Waals surface area (Å²) in [4.78, 5) is 0. The van der Waals surface area contributed by atoms with E-state index in [1.54, 1.807) is 0 Å². The third-order valence-corrected chi connectivity index (χ3v) is 3.97. The SMILES string of the molecule is CC1(C)CCC12CCC(CC#N)O2. The summed E-state index contributed by atoms with van der Waals surface area (Å²) in [6.07, 6.45) is 5.49. The fourth-order valence-corrected chi connectivity index (χ4v) is 2.66. The van der Waals surface area contributed by atoms with Gasteiger partial charge in [0, 0.05) is 0 Å². The van der Waals surface area contributed by atoms with E-state index in [1.165, 1.54) is 12.8 Å². The molecule has 1 saturated heterocycles. The first kappa shape index (κ1) is 9.02. The van der Waals surface area contributed by atoms with Crippen molar-refractivity contribution in [2.45, 2.75) is 57.7 Å². The largest absolute Gasteiger partial charge is 0.370 e. The first-order chi connectivity index (χ1) is 6.10. The molecule has 0 aromatic heterocycles. The molecule has 0 amide bonds. The lowest BCUT2D eigenvalue weighted by molar-refractivity contribution is -0.178. The summed E-state index contributed by atoms with van der Waals surface area (Å²) in [6, 6.07) is 2.20. The molecule has 2 unspecified atom stereocenters. The molecule has 2 rings (SSSR count). The second-order valence-corrected chi connectivity index (χ2v) is 5.02. The molecule has 0 N–H and O–H groups in total. The maximum absolute atomic E-state index is 8.59. The molecule has 0 radical (unpaired) electrons. The van der Waals surface area contributed by atoms with Crippen molar-refractivity contribution >= 4 is 0 Å². The zero-order valence-corrected chi connectivity index (χ0v) is 8.47. The Kier molecular flexibility index (Phi) is 1.89. The summed E-state index contributed by atoms with van der Waals surface area (Å²) in [5.74, 6) is 0. The highest BCUT2D eigenvalue weighted by Gasteiger charge is 2.57. The van der Waals surface area contributed by atoms with Gasteiger partial charge in [0.05, 0.1) is 24.2 Å². The molecule has 2 aliphatic rings. The normalized spacial score (nSPS) is 41.5. The number of rotatable bonds is 1. The van der Waals surface area contributed by atoms with Crippen molar-refractivity contribution < 1.29 is 4.74 Å². The van der Waals surface area contributed by atoms with Gasteiger partial charge in [0.25, 0.3) is 0 Å². The predicted octanol–water partition coefficient (Wildman–Crippen LogP) is 2.64. The van der Waals surface area contributed by atoms with Crippen molar-refractivity contribution in [1.29, 1.82) is 5.26 Å². The Balaban J connectivity index is 2.02. The second-order valence-electron chi connectivity index (χ2n) is 5.02. The van der Waals surface area contributed by atoms with E-state index in [0.29, 0.717) is 11.8 Å². The number of hydrogen-bond donors (Lipinski definition) is 0. The highest BCUT2D eigenvalue weighted by Crippen LogP contribution is 2.58. The van der Waals surface area contributed by atoms with Crippen molar-refractivity contribution in [3.8, 4) is 6.07 Å². The van der Waals surface area contributed by atoms with Crippen molar-refractivity contribution in [3.63, 3.8) is 0 Å². The van der Waals surface area contributed by atoms with Gasteiger partial charge in [0.1, 0.15) is 0 Å². The summed E-state index contributed by atoms with van der Waals surface area (Å²) < 4.78 is 6.02. The fraction of sp³-hybridized carbons (Fsp3) is 0.909. The van der Waals surface area contributed by atoms with E-state index in [9.17, 15) is 0 Å². The summed E-state index contributed by atoms with van der Waals surface area (Å²) in [6.45, 7) is 4.57. The standard InChI is InChI=1S/C11H17NO/c1-10(2)6-7-11(10)5-3-9(13-11)4-8-12/h9H,3-7H2,1-2H3. The molecule has 1 saturated carbocycles. The van der Waals surface area contributed by atoms with E-state index in [0.717, 1.165) is 12.8 Å². The van der Waals surface area contributed by atoms with E-state index in [2.05, 4.69) is 19.9 Å². The van der Waals surface area contributed by atoms with Crippen LogP contribution < -0.4 is 0 Å². The molecule has 2 nitrogen and oxygen atoms in total. The maximum atomic E-state index is 8.59. The molecule has 1 aliphatic heterocycles. The van der Waals surface area contributed by atoms with Gasteiger partial charge in [-0.25, -0.2) is 0 Å². The van der Waals surface area contributed by atoms with Crippen LogP contribution in [0, 0.1) is 16.7 Å². The van der Waals surface area contributed by atoms with E-state index in [1.807, 2.05) is 0 Å². The van der Waals surface area contributed by atoms with Gasteiger partial charge in [0.2, 0.25) is 0 Å². The Morgan fingerprint density at radius 3 is 2.54 bits per heavy atom. The highest BCUT2D eigenvalue weighted by atomic mass is 16.5. The van der Waals surface area contributed by atoms with Crippen LogP contribution in [0.5, 0.6) is 0 Å². The van der Waals surface area contributed by atoms with Crippen LogP contribution in [0.4, 0.5) is 0 Å². The first-order valence-electron chi connectivity index (χ1n) is 5.14. The molecular weight excluding hydrogens is 162 g/mol. The number of ether oxygens (including phenoxy) is 1. The topological polar surface area (TPSA) is 33.0 Å². The zero-order valence-electron chi connectivity index (χ0n) is 8.47. The monoisotopic (exact) mass is 179 g/mol. The van der Waals surface area contributed by atoms with Gasteiger partial charge in [0.15, 0.2) is 0 Å². The molecule has 2 heteroatoms. The quantitative estimate of drug-likeness (QED) is 0.620. The van der Waals surface area contributed by atoms with Gasteiger partial charge >= 0.3 is 0 Å². The minimum Gasteiger partial charge on any atom is -0.370 e. The van der Waals surface area contributed by atoms with Crippen molar-refractivity contribution in [2.75, 3.05) is 0 Å². The molecule has 13 heavy (non-hydrogen) atoms. The third-order valence-electron chi connectivity index (χ3n) is 3.97. The number of nitrogens with zero attached hydrogens (tertiary/aromatic N) is 1. The fourth-order valence-electron chi connectivity index (χ4n) is 2.66. The Labute approximate surface area is 79.9 Å². The molecular formula is C11H17NO. The lowest BCUT2D eigenvalue weighted by Gasteiger charge is -2.53. The average molecular weight is 179 g/mol. The Morgan fingerprint density at radius 2 is 2.15 bits per heavy atom. The molecule has 0 aromatic rings.